The van der Waals surface area contributed by atoms with Crippen molar-refractivity contribution < 1.29 is 14.3 Å². The standard InChI is InChI=1S/C19H19ClN2O3/c20-15-7-3-14(4-8-15)19(24)22-16-9-5-13(6-10-16)18(23)21-12-17-2-1-11-25-17/h3-10,17H,1-2,11-12H2,(H,21,23)(H,22,24). The number of hydrogen-bond donors (Lipinski definition) is 2. The molecule has 5 nitrogen and oxygen atoms in total. The summed E-state index contributed by atoms with van der Waals surface area (Å²) in [5.74, 6) is -0.377. The van der Waals surface area contributed by atoms with Crippen LogP contribution in [0, 0.1) is 0 Å². The van der Waals surface area contributed by atoms with Crippen molar-refractivity contribution in [3.63, 3.8) is 0 Å². The third-order valence-corrected chi connectivity index (χ3v) is 4.28. The van der Waals surface area contributed by atoms with Crippen molar-refractivity contribution in [2.24, 2.45) is 0 Å². The molecule has 1 unspecified atom stereocenters. The quantitative estimate of drug-likeness (QED) is 0.859. The normalized spacial score (nSPS) is 16.4. The van der Waals surface area contributed by atoms with Crippen LogP contribution in [0.3, 0.4) is 0 Å². The molecule has 0 radical (unpaired) electrons. The molecule has 1 heterocycles. The predicted molar refractivity (Wildman–Crippen MR) is 97.2 cm³/mol. The summed E-state index contributed by atoms with van der Waals surface area (Å²) in [5, 5.41) is 6.23. The Balaban J connectivity index is 1.55. The van der Waals surface area contributed by atoms with Crippen LogP contribution in [-0.4, -0.2) is 31.1 Å². The molecular weight excluding hydrogens is 340 g/mol. The van der Waals surface area contributed by atoms with Crippen LogP contribution in [0.1, 0.15) is 33.6 Å². The first-order valence-electron chi connectivity index (χ1n) is 8.18. The molecule has 1 fully saturated rings. The lowest BCUT2D eigenvalue weighted by atomic mass is 10.1. The van der Waals surface area contributed by atoms with E-state index in [9.17, 15) is 9.59 Å². The average molecular weight is 359 g/mol. The first-order valence-corrected chi connectivity index (χ1v) is 8.56. The maximum absolute atomic E-state index is 12.1. The Kier molecular flexibility index (Phi) is 5.68. The monoisotopic (exact) mass is 358 g/mol. The van der Waals surface area contributed by atoms with Gasteiger partial charge >= 0.3 is 0 Å². The largest absolute Gasteiger partial charge is 0.376 e. The van der Waals surface area contributed by atoms with Gasteiger partial charge in [-0.25, -0.2) is 0 Å². The van der Waals surface area contributed by atoms with Crippen molar-refractivity contribution in [3.8, 4) is 0 Å². The first-order chi connectivity index (χ1) is 12.1. The number of halogens is 1. The van der Waals surface area contributed by atoms with Crippen molar-refractivity contribution in [3.05, 3.63) is 64.7 Å². The Labute approximate surface area is 151 Å². The molecule has 25 heavy (non-hydrogen) atoms. The zero-order valence-corrected chi connectivity index (χ0v) is 14.4. The van der Waals surface area contributed by atoms with Crippen LogP contribution < -0.4 is 10.6 Å². The maximum Gasteiger partial charge on any atom is 0.255 e. The van der Waals surface area contributed by atoms with E-state index in [1.54, 1.807) is 48.5 Å². The summed E-state index contributed by atoms with van der Waals surface area (Å²) >= 11 is 5.81. The van der Waals surface area contributed by atoms with E-state index in [-0.39, 0.29) is 17.9 Å². The molecular formula is C19H19ClN2O3. The lowest BCUT2D eigenvalue weighted by molar-refractivity contribution is 0.0857. The SMILES string of the molecule is O=C(NCC1CCCO1)c1ccc(NC(=O)c2ccc(Cl)cc2)cc1. The zero-order valence-electron chi connectivity index (χ0n) is 13.6. The van der Waals surface area contributed by atoms with Gasteiger partial charge in [0.15, 0.2) is 0 Å². The molecule has 0 saturated carbocycles. The number of ether oxygens (including phenoxy) is 1. The van der Waals surface area contributed by atoms with Gasteiger partial charge in [0.25, 0.3) is 11.8 Å². The summed E-state index contributed by atoms with van der Waals surface area (Å²) in [6.07, 6.45) is 2.14. The van der Waals surface area contributed by atoms with Gasteiger partial charge < -0.3 is 15.4 Å². The minimum Gasteiger partial charge on any atom is -0.376 e. The molecule has 6 heteroatoms. The third kappa shape index (κ3) is 4.81. The number of hydrogen-bond acceptors (Lipinski definition) is 3. The smallest absolute Gasteiger partial charge is 0.255 e. The van der Waals surface area contributed by atoms with Crippen LogP contribution in [-0.2, 0) is 4.74 Å². The van der Waals surface area contributed by atoms with Crippen LogP contribution in [0.4, 0.5) is 5.69 Å². The van der Waals surface area contributed by atoms with Gasteiger partial charge in [0.1, 0.15) is 0 Å². The summed E-state index contributed by atoms with van der Waals surface area (Å²) in [6, 6.07) is 13.4. The van der Waals surface area contributed by atoms with Crippen LogP contribution in [0.15, 0.2) is 48.5 Å². The molecule has 2 N–H and O–H groups in total. The molecule has 2 aromatic carbocycles. The summed E-state index contributed by atoms with van der Waals surface area (Å²) in [5.41, 5.74) is 1.68. The molecule has 0 aliphatic carbocycles. The van der Waals surface area contributed by atoms with Gasteiger partial charge in [-0.3, -0.25) is 9.59 Å². The maximum atomic E-state index is 12.1. The molecule has 1 aliphatic rings. The highest BCUT2D eigenvalue weighted by molar-refractivity contribution is 6.30. The lowest BCUT2D eigenvalue weighted by Gasteiger charge is -2.11. The van der Waals surface area contributed by atoms with Gasteiger partial charge in [0.05, 0.1) is 6.10 Å². The molecule has 0 aromatic heterocycles. The number of nitrogens with one attached hydrogen (secondary N) is 2. The van der Waals surface area contributed by atoms with Gasteiger partial charge in [-0.2, -0.15) is 0 Å². The van der Waals surface area contributed by atoms with E-state index < -0.39 is 0 Å². The van der Waals surface area contributed by atoms with Crippen LogP contribution in [0.25, 0.3) is 0 Å². The predicted octanol–water partition coefficient (Wildman–Crippen LogP) is 3.50. The minimum absolute atomic E-state index is 0.113. The Morgan fingerprint density at radius 1 is 1.00 bits per heavy atom. The topological polar surface area (TPSA) is 67.4 Å². The number of carbonyl (C=O) groups excluding carboxylic acids is 2. The highest BCUT2D eigenvalue weighted by atomic mass is 35.5. The van der Waals surface area contributed by atoms with E-state index in [0.717, 1.165) is 19.4 Å². The van der Waals surface area contributed by atoms with Crippen molar-refractivity contribution >= 4 is 29.1 Å². The van der Waals surface area contributed by atoms with Crippen LogP contribution >= 0.6 is 11.6 Å². The third-order valence-electron chi connectivity index (χ3n) is 4.03. The number of rotatable bonds is 5. The minimum atomic E-state index is -0.229. The summed E-state index contributed by atoms with van der Waals surface area (Å²) in [4.78, 5) is 24.3. The van der Waals surface area contributed by atoms with Crippen LogP contribution in [0.2, 0.25) is 5.02 Å². The fourth-order valence-corrected chi connectivity index (χ4v) is 2.75. The van der Waals surface area contributed by atoms with Gasteiger partial charge in [-0.1, -0.05) is 11.6 Å². The molecule has 130 valence electrons. The molecule has 1 saturated heterocycles. The Morgan fingerprint density at radius 2 is 1.64 bits per heavy atom. The highest BCUT2D eigenvalue weighted by Gasteiger charge is 2.16. The number of carbonyl (C=O) groups is 2. The fourth-order valence-electron chi connectivity index (χ4n) is 2.62. The fraction of sp³-hybridized carbons (Fsp3) is 0.263. The van der Waals surface area contributed by atoms with E-state index in [4.69, 9.17) is 16.3 Å². The van der Waals surface area contributed by atoms with E-state index in [1.165, 1.54) is 0 Å². The molecule has 0 spiro atoms. The number of amides is 2. The van der Waals surface area contributed by atoms with E-state index in [2.05, 4.69) is 10.6 Å². The molecule has 2 aromatic rings. The van der Waals surface area contributed by atoms with E-state index >= 15 is 0 Å². The Bertz CT molecular complexity index is 738. The number of benzene rings is 2. The number of anilines is 1. The first kappa shape index (κ1) is 17.5. The van der Waals surface area contributed by atoms with Gasteiger partial charge in [0.2, 0.25) is 0 Å². The van der Waals surface area contributed by atoms with E-state index in [1.807, 2.05) is 0 Å². The molecule has 2 amide bonds. The van der Waals surface area contributed by atoms with Gasteiger partial charge in [-0.05, 0) is 61.4 Å². The molecule has 1 atom stereocenters. The second-order valence-electron chi connectivity index (χ2n) is 5.88. The van der Waals surface area contributed by atoms with Crippen LogP contribution in [0.5, 0.6) is 0 Å². The highest BCUT2D eigenvalue weighted by Crippen LogP contribution is 2.14. The average Bonchev–Trinajstić information content (AvgIpc) is 3.14. The lowest BCUT2D eigenvalue weighted by Crippen LogP contribution is -2.31. The summed E-state index contributed by atoms with van der Waals surface area (Å²) < 4.78 is 5.48. The zero-order chi connectivity index (χ0) is 17.6. The Hall–Kier alpha value is -2.37. The van der Waals surface area contributed by atoms with Crippen molar-refractivity contribution in [1.29, 1.82) is 0 Å². The summed E-state index contributed by atoms with van der Waals surface area (Å²) in [6.45, 7) is 1.29. The Morgan fingerprint density at radius 3 is 2.28 bits per heavy atom. The summed E-state index contributed by atoms with van der Waals surface area (Å²) in [7, 11) is 0. The van der Waals surface area contributed by atoms with Gasteiger partial charge in [-0.15, -0.1) is 0 Å². The second-order valence-corrected chi connectivity index (χ2v) is 6.32. The molecule has 1 aliphatic heterocycles. The second kappa shape index (κ2) is 8.14. The molecule has 3 rings (SSSR count). The van der Waals surface area contributed by atoms with Crippen molar-refractivity contribution in [2.75, 3.05) is 18.5 Å². The van der Waals surface area contributed by atoms with Gasteiger partial charge in [0, 0.05) is 35.0 Å². The van der Waals surface area contributed by atoms with Crippen molar-refractivity contribution in [2.45, 2.75) is 18.9 Å². The van der Waals surface area contributed by atoms with E-state index in [0.29, 0.717) is 28.4 Å². The molecule has 0 bridgehead atoms. The van der Waals surface area contributed by atoms with Crippen molar-refractivity contribution in [1.82, 2.24) is 5.32 Å².